The van der Waals surface area contributed by atoms with Crippen LogP contribution in [0.4, 0.5) is 5.69 Å². The number of hydrogen-bond acceptors (Lipinski definition) is 3. The van der Waals surface area contributed by atoms with Crippen molar-refractivity contribution in [3.05, 3.63) is 88.9 Å². The summed E-state index contributed by atoms with van der Waals surface area (Å²) >= 11 is 6.20. The molecule has 0 amide bonds. The van der Waals surface area contributed by atoms with E-state index in [9.17, 15) is 8.42 Å². The molecule has 0 aliphatic rings. The maximum absolute atomic E-state index is 13.4. The number of aryl methyl sites for hydroxylation is 1. The molecule has 0 aromatic heterocycles. The summed E-state index contributed by atoms with van der Waals surface area (Å²) in [4.78, 5) is 0.0714. The van der Waals surface area contributed by atoms with Crippen LogP contribution in [-0.2, 0) is 16.6 Å². The van der Waals surface area contributed by atoms with Gasteiger partial charge in [0.1, 0.15) is 10.6 Å². The smallest absolute Gasteiger partial charge is 0.266 e. The first-order valence-corrected chi connectivity index (χ1v) is 10.2. The molecule has 0 N–H and O–H groups in total. The summed E-state index contributed by atoms with van der Waals surface area (Å²) in [5.41, 5.74) is 2.46. The average molecular weight is 402 g/mol. The van der Waals surface area contributed by atoms with Gasteiger partial charge in [-0.1, -0.05) is 59.6 Å². The molecule has 4 nitrogen and oxygen atoms in total. The number of ether oxygens (including phenoxy) is 1. The number of anilines is 1. The molecule has 0 aliphatic heterocycles. The lowest BCUT2D eigenvalue weighted by atomic mass is 10.1. The molecular formula is C21H20ClNO3S. The Kier molecular flexibility index (Phi) is 5.73. The monoisotopic (exact) mass is 401 g/mol. The van der Waals surface area contributed by atoms with Gasteiger partial charge < -0.3 is 4.74 Å². The molecule has 0 spiro atoms. The topological polar surface area (TPSA) is 46.6 Å². The Morgan fingerprint density at radius 2 is 1.70 bits per heavy atom. The second-order valence-electron chi connectivity index (χ2n) is 6.13. The quantitative estimate of drug-likeness (QED) is 0.580. The Morgan fingerprint density at radius 3 is 2.41 bits per heavy atom. The number of halogens is 1. The molecule has 3 aromatic rings. The predicted octanol–water partition coefficient (Wildman–Crippen LogP) is 5.05. The number of methoxy groups -OCH3 is 1. The van der Waals surface area contributed by atoms with Crippen LogP contribution >= 0.6 is 11.6 Å². The molecule has 27 heavy (non-hydrogen) atoms. The lowest BCUT2D eigenvalue weighted by molar-refractivity contribution is 0.415. The number of nitrogens with zero attached hydrogens (tertiary/aromatic N) is 1. The molecule has 0 unspecified atom stereocenters. The van der Waals surface area contributed by atoms with E-state index in [1.165, 1.54) is 10.4 Å². The fourth-order valence-corrected chi connectivity index (χ4v) is 4.77. The van der Waals surface area contributed by atoms with Gasteiger partial charge in [-0.2, -0.15) is 0 Å². The zero-order valence-electron chi connectivity index (χ0n) is 15.1. The van der Waals surface area contributed by atoms with Gasteiger partial charge in [0, 0.05) is 6.07 Å². The Morgan fingerprint density at radius 1 is 0.963 bits per heavy atom. The van der Waals surface area contributed by atoms with Crippen molar-refractivity contribution in [3.63, 3.8) is 0 Å². The standard InChI is InChI=1S/C21H20ClNO3S/c1-16-7-5-8-17(13-16)15-23(18-9-6-10-19(14-18)26-2)27(24,25)21-12-4-3-11-20(21)22/h3-14H,15H2,1-2H3. The van der Waals surface area contributed by atoms with Gasteiger partial charge in [0.05, 0.1) is 24.4 Å². The van der Waals surface area contributed by atoms with Gasteiger partial charge in [0.25, 0.3) is 10.0 Å². The summed E-state index contributed by atoms with van der Waals surface area (Å²) in [6.07, 6.45) is 0. The van der Waals surface area contributed by atoms with Crippen molar-refractivity contribution in [2.24, 2.45) is 0 Å². The van der Waals surface area contributed by atoms with Gasteiger partial charge >= 0.3 is 0 Å². The van der Waals surface area contributed by atoms with Crippen LogP contribution in [0.1, 0.15) is 11.1 Å². The highest BCUT2D eigenvalue weighted by Gasteiger charge is 2.27. The number of hydrogen-bond donors (Lipinski definition) is 0. The van der Waals surface area contributed by atoms with Crippen LogP contribution < -0.4 is 9.04 Å². The third kappa shape index (κ3) is 4.26. The van der Waals surface area contributed by atoms with E-state index in [1.54, 1.807) is 49.6 Å². The Balaban J connectivity index is 2.13. The lowest BCUT2D eigenvalue weighted by Gasteiger charge is -2.25. The van der Waals surface area contributed by atoms with Gasteiger partial charge in [-0.15, -0.1) is 0 Å². The van der Waals surface area contributed by atoms with Crippen molar-refractivity contribution in [2.75, 3.05) is 11.4 Å². The molecule has 0 atom stereocenters. The molecule has 6 heteroatoms. The van der Waals surface area contributed by atoms with Gasteiger partial charge in [-0.3, -0.25) is 4.31 Å². The minimum absolute atomic E-state index is 0.0714. The van der Waals surface area contributed by atoms with E-state index in [2.05, 4.69) is 0 Å². The summed E-state index contributed by atoms with van der Waals surface area (Å²) in [6.45, 7) is 2.16. The van der Waals surface area contributed by atoms with Gasteiger partial charge in [-0.25, -0.2) is 8.42 Å². The molecule has 3 aromatic carbocycles. The van der Waals surface area contributed by atoms with Crippen molar-refractivity contribution in [1.29, 1.82) is 0 Å². The molecular weight excluding hydrogens is 382 g/mol. The fourth-order valence-electron chi connectivity index (χ4n) is 2.83. The highest BCUT2D eigenvalue weighted by Crippen LogP contribution is 2.31. The van der Waals surface area contributed by atoms with E-state index in [-0.39, 0.29) is 16.5 Å². The van der Waals surface area contributed by atoms with Crippen LogP contribution in [0.25, 0.3) is 0 Å². The zero-order valence-corrected chi connectivity index (χ0v) is 16.7. The third-order valence-corrected chi connectivity index (χ3v) is 6.43. The minimum atomic E-state index is -3.87. The summed E-state index contributed by atoms with van der Waals surface area (Å²) in [5.74, 6) is 0.580. The van der Waals surface area contributed by atoms with Gasteiger partial charge in [0.2, 0.25) is 0 Å². The summed E-state index contributed by atoms with van der Waals surface area (Å²) < 4.78 is 33.5. The summed E-state index contributed by atoms with van der Waals surface area (Å²) in [5, 5.41) is 0.189. The van der Waals surface area contributed by atoms with E-state index in [1.807, 2.05) is 31.2 Å². The fraction of sp³-hybridized carbons (Fsp3) is 0.143. The Bertz CT molecular complexity index is 1050. The highest BCUT2D eigenvalue weighted by atomic mass is 35.5. The van der Waals surface area contributed by atoms with Crippen molar-refractivity contribution >= 4 is 27.3 Å². The Hall–Kier alpha value is -2.50. The molecule has 3 rings (SSSR count). The SMILES string of the molecule is COc1cccc(N(Cc2cccc(C)c2)S(=O)(=O)c2ccccc2Cl)c1. The molecule has 0 aliphatic carbocycles. The van der Waals surface area contributed by atoms with Crippen molar-refractivity contribution in [3.8, 4) is 5.75 Å². The second-order valence-corrected chi connectivity index (χ2v) is 8.37. The predicted molar refractivity (Wildman–Crippen MR) is 109 cm³/mol. The van der Waals surface area contributed by atoms with E-state index in [0.29, 0.717) is 11.4 Å². The van der Waals surface area contributed by atoms with Gasteiger partial charge in [0.15, 0.2) is 0 Å². The van der Waals surface area contributed by atoms with Crippen LogP contribution in [0.3, 0.4) is 0 Å². The van der Waals surface area contributed by atoms with Crippen LogP contribution in [0, 0.1) is 6.92 Å². The highest BCUT2D eigenvalue weighted by molar-refractivity contribution is 7.93. The van der Waals surface area contributed by atoms with E-state index < -0.39 is 10.0 Å². The van der Waals surface area contributed by atoms with Crippen LogP contribution in [0.5, 0.6) is 5.75 Å². The summed E-state index contributed by atoms with van der Waals surface area (Å²) in [7, 11) is -2.33. The zero-order chi connectivity index (χ0) is 19.4. The number of rotatable bonds is 6. The van der Waals surface area contributed by atoms with Crippen LogP contribution in [-0.4, -0.2) is 15.5 Å². The molecule has 0 radical (unpaired) electrons. The molecule has 140 valence electrons. The third-order valence-electron chi connectivity index (χ3n) is 4.15. The maximum atomic E-state index is 13.4. The summed E-state index contributed by atoms with van der Waals surface area (Å²) in [6, 6.07) is 21.2. The first-order chi connectivity index (χ1) is 12.9. The van der Waals surface area contributed by atoms with E-state index in [4.69, 9.17) is 16.3 Å². The number of benzene rings is 3. The molecule has 0 saturated heterocycles. The van der Waals surface area contributed by atoms with Crippen molar-refractivity contribution in [2.45, 2.75) is 18.4 Å². The molecule has 0 bridgehead atoms. The molecule has 0 fully saturated rings. The lowest BCUT2D eigenvalue weighted by Crippen LogP contribution is -2.30. The Labute approximate surface area is 165 Å². The first-order valence-electron chi connectivity index (χ1n) is 8.38. The van der Waals surface area contributed by atoms with E-state index >= 15 is 0 Å². The van der Waals surface area contributed by atoms with Crippen molar-refractivity contribution in [1.82, 2.24) is 0 Å². The molecule has 0 heterocycles. The second kappa shape index (κ2) is 8.03. The first kappa shape index (κ1) is 19.3. The maximum Gasteiger partial charge on any atom is 0.266 e. The normalized spacial score (nSPS) is 11.2. The number of sulfonamides is 1. The van der Waals surface area contributed by atoms with Gasteiger partial charge in [-0.05, 0) is 36.8 Å². The van der Waals surface area contributed by atoms with Crippen LogP contribution in [0.2, 0.25) is 5.02 Å². The van der Waals surface area contributed by atoms with Crippen LogP contribution in [0.15, 0.2) is 77.7 Å². The van der Waals surface area contributed by atoms with Crippen molar-refractivity contribution < 1.29 is 13.2 Å². The van der Waals surface area contributed by atoms with E-state index in [0.717, 1.165) is 11.1 Å². The molecule has 0 saturated carbocycles. The largest absolute Gasteiger partial charge is 0.497 e. The minimum Gasteiger partial charge on any atom is -0.497 e. The average Bonchev–Trinajstić information content (AvgIpc) is 2.66.